The Morgan fingerprint density at radius 3 is 1.84 bits per heavy atom. The van der Waals surface area contributed by atoms with Gasteiger partial charge in [0.2, 0.25) is 0 Å². The molecular formula is C28H57BrN2. The minimum Gasteiger partial charge on any atom is -0.238 e. The van der Waals surface area contributed by atoms with E-state index in [4.69, 9.17) is 0 Å². The van der Waals surface area contributed by atoms with Gasteiger partial charge in [-0.2, -0.15) is 0 Å². The summed E-state index contributed by atoms with van der Waals surface area (Å²) in [5.41, 5.74) is 0. The van der Waals surface area contributed by atoms with Crippen LogP contribution in [0.4, 0.5) is 0 Å². The number of hydrogen-bond donors (Lipinski definition) is 0. The van der Waals surface area contributed by atoms with Gasteiger partial charge in [-0.15, -0.1) is 17.0 Å². The Morgan fingerprint density at radius 2 is 1.19 bits per heavy atom. The summed E-state index contributed by atoms with van der Waals surface area (Å²) in [5, 5.41) is 5.91. The van der Waals surface area contributed by atoms with Crippen LogP contribution < -0.4 is 0 Å². The van der Waals surface area contributed by atoms with Crippen LogP contribution in [-0.2, 0) is 0 Å². The van der Waals surface area contributed by atoms with E-state index in [1.165, 1.54) is 129 Å². The highest BCUT2D eigenvalue weighted by Gasteiger charge is 2.30. The quantitative estimate of drug-likeness (QED) is 0.260. The molecule has 0 amide bonds. The van der Waals surface area contributed by atoms with Gasteiger partial charge in [0.1, 0.15) is 0 Å². The van der Waals surface area contributed by atoms with Gasteiger partial charge < -0.3 is 0 Å². The molecule has 1 atom stereocenters. The Kier molecular flexibility index (Phi) is 16.9. The van der Waals surface area contributed by atoms with Crippen molar-refractivity contribution >= 4 is 17.0 Å². The van der Waals surface area contributed by atoms with E-state index in [-0.39, 0.29) is 17.0 Å². The number of hydrogen-bond acceptors (Lipinski definition) is 2. The molecule has 0 aromatic rings. The molecule has 1 heterocycles. The van der Waals surface area contributed by atoms with Crippen molar-refractivity contribution in [2.75, 3.05) is 13.1 Å². The molecule has 2 nitrogen and oxygen atoms in total. The number of hydrazine groups is 1. The summed E-state index contributed by atoms with van der Waals surface area (Å²) >= 11 is 0. The summed E-state index contributed by atoms with van der Waals surface area (Å²) < 4.78 is 0. The van der Waals surface area contributed by atoms with Crippen molar-refractivity contribution in [3.63, 3.8) is 0 Å². The van der Waals surface area contributed by atoms with E-state index in [0.717, 1.165) is 23.9 Å². The molecule has 0 aromatic carbocycles. The van der Waals surface area contributed by atoms with E-state index in [2.05, 4.69) is 37.7 Å². The van der Waals surface area contributed by atoms with Gasteiger partial charge in [-0.3, -0.25) is 0 Å². The maximum Gasteiger partial charge on any atom is 0.0246 e. The third-order valence-corrected chi connectivity index (χ3v) is 7.66. The van der Waals surface area contributed by atoms with E-state index < -0.39 is 0 Å². The SMILES string of the molecule is Br.CC(C)CCCCC1CCCCCN(C2CCCCCCC2)N1CCCCC(C)C. The first-order valence-corrected chi connectivity index (χ1v) is 14.1. The van der Waals surface area contributed by atoms with Crippen molar-refractivity contribution in [2.24, 2.45) is 11.8 Å². The summed E-state index contributed by atoms with van der Waals surface area (Å²) in [6.45, 7) is 12.2. The number of unbranched alkanes of at least 4 members (excludes halogenated alkanes) is 2. The minimum atomic E-state index is 0. The van der Waals surface area contributed by atoms with Crippen LogP contribution in [-0.4, -0.2) is 35.2 Å². The molecular weight excluding hydrogens is 444 g/mol. The highest BCUT2D eigenvalue weighted by atomic mass is 79.9. The maximum atomic E-state index is 2.96. The largest absolute Gasteiger partial charge is 0.238 e. The second-order valence-electron chi connectivity index (χ2n) is 11.4. The third kappa shape index (κ3) is 12.4. The molecule has 0 bridgehead atoms. The highest BCUT2D eigenvalue weighted by Crippen LogP contribution is 2.29. The monoisotopic (exact) mass is 500 g/mol. The van der Waals surface area contributed by atoms with Crippen molar-refractivity contribution in [1.82, 2.24) is 10.0 Å². The topological polar surface area (TPSA) is 6.48 Å². The predicted molar refractivity (Wildman–Crippen MR) is 144 cm³/mol. The average Bonchev–Trinajstić information content (AvgIpc) is 2.65. The number of nitrogens with zero attached hydrogens (tertiary/aromatic N) is 2. The van der Waals surface area contributed by atoms with Crippen LogP contribution in [0.1, 0.15) is 143 Å². The molecule has 1 unspecified atom stereocenters. The number of rotatable bonds is 11. The lowest BCUT2D eigenvalue weighted by Gasteiger charge is -2.47. The number of halogens is 1. The van der Waals surface area contributed by atoms with Crippen molar-refractivity contribution in [1.29, 1.82) is 0 Å². The fourth-order valence-corrected chi connectivity index (χ4v) is 5.81. The first-order chi connectivity index (χ1) is 14.6. The van der Waals surface area contributed by atoms with E-state index in [1.54, 1.807) is 0 Å². The van der Waals surface area contributed by atoms with Crippen LogP contribution in [0.3, 0.4) is 0 Å². The standard InChI is InChI=1S/C28H56N2.BrH/c1-25(2)17-12-13-22-28-21-11-8-15-23-29(27-19-9-6-5-7-10-20-27)30(28)24-16-14-18-26(3)4;/h25-28H,5-24H2,1-4H3;1H. The molecule has 1 aliphatic carbocycles. The maximum absolute atomic E-state index is 2.96. The molecule has 1 saturated heterocycles. The molecule has 0 spiro atoms. The molecule has 0 radical (unpaired) electrons. The zero-order valence-corrected chi connectivity index (χ0v) is 23.5. The third-order valence-electron chi connectivity index (χ3n) is 7.66. The Balaban J connectivity index is 0.00000480. The average molecular weight is 502 g/mol. The van der Waals surface area contributed by atoms with Gasteiger partial charge in [0, 0.05) is 25.2 Å². The first-order valence-electron chi connectivity index (χ1n) is 14.1. The Bertz CT molecular complexity index is 404. The summed E-state index contributed by atoms with van der Waals surface area (Å²) in [6.07, 6.45) is 25.9. The summed E-state index contributed by atoms with van der Waals surface area (Å²) in [4.78, 5) is 0. The van der Waals surface area contributed by atoms with Crippen molar-refractivity contribution in [2.45, 2.75) is 155 Å². The van der Waals surface area contributed by atoms with Crippen LogP contribution in [0.15, 0.2) is 0 Å². The van der Waals surface area contributed by atoms with Crippen LogP contribution in [0.25, 0.3) is 0 Å². The normalized spacial score (nSPS) is 23.2. The lowest BCUT2D eigenvalue weighted by molar-refractivity contribution is -0.109. The zero-order valence-electron chi connectivity index (χ0n) is 21.8. The van der Waals surface area contributed by atoms with Gasteiger partial charge in [0.15, 0.2) is 0 Å². The first kappa shape index (κ1) is 29.4. The van der Waals surface area contributed by atoms with Crippen molar-refractivity contribution < 1.29 is 0 Å². The molecule has 1 aliphatic heterocycles. The fraction of sp³-hybridized carbons (Fsp3) is 1.00. The van der Waals surface area contributed by atoms with Crippen molar-refractivity contribution in [3.05, 3.63) is 0 Å². The molecule has 1 saturated carbocycles. The van der Waals surface area contributed by atoms with Gasteiger partial charge in [0.25, 0.3) is 0 Å². The van der Waals surface area contributed by atoms with Gasteiger partial charge in [0.05, 0.1) is 0 Å². The smallest absolute Gasteiger partial charge is 0.0246 e. The van der Waals surface area contributed by atoms with E-state index >= 15 is 0 Å². The molecule has 2 fully saturated rings. The van der Waals surface area contributed by atoms with Crippen LogP contribution in [0, 0.1) is 11.8 Å². The van der Waals surface area contributed by atoms with E-state index in [0.29, 0.717) is 0 Å². The Hall–Kier alpha value is 0.400. The lowest BCUT2D eigenvalue weighted by atomic mass is 9.94. The fourth-order valence-electron chi connectivity index (χ4n) is 5.81. The summed E-state index contributed by atoms with van der Waals surface area (Å²) in [7, 11) is 0. The van der Waals surface area contributed by atoms with Gasteiger partial charge >= 0.3 is 0 Å². The second kappa shape index (κ2) is 17.8. The Morgan fingerprint density at radius 1 is 0.645 bits per heavy atom. The molecule has 3 heteroatoms. The lowest BCUT2D eigenvalue weighted by Crippen LogP contribution is -2.55. The van der Waals surface area contributed by atoms with Gasteiger partial charge in [-0.25, -0.2) is 10.0 Å². The molecule has 0 N–H and O–H groups in total. The molecule has 31 heavy (non-hydrogen) atoms. The van der Waals surface area contributed by atoms with Crippen molar-refractivity contribution in [3.8, 4) is 0 Å². The van der Waals surface area contributed by atoms with Gasteiger partial charge in [-0.05, 0) is 50.4 Å². The van der Waals surface area contributed by atoms with Crippen LogP contribution in [0.5, 0.6) is 0 Å². The summed E-state index contributed by atoms with van der Waals surface area (Å²) in [5.74, 6) is 1.71. The zero-order chi connectivity index (χ0) is 21.6. The van der Waals surface area contributed by atoms with Crippen LogP contribution >= 0.6 is 17.0 Å². The predicted octanol–water partition coefficient (Wildman–Crippen LogP) is 9.18. The van der Waals surface area contributed by atoms with E-state index in [9.17, 15) is 0 Å². The molecule has 0 aromatic heterocycles. The molecule has 186 valence electrons. The minimum absolute atomic E-state index is 0. The molecule has 2 aliphatic rings. The molecule has 2 rings (SSSR count). The summed E-state index contributed by atoms with van der Waals surface area (Å²) in [6, 6.07) is 1.63. The highest BCUT2D eigenvalue weighted by molar-refractivity contribution is 8.93. The van der Waals surface area contributed by atoms with E-state index in [1.807, 2.05) is 0 Å². The van der Waals surface area contributed by atoms with Gasteiger partial charge in [-0.1, -0.05) is 105 Å². The van der Waals surface area contributed by atoms with Crippen LogP contribution in [0.2, 0.25) is 0 Å². The Labute approximate surface area is 207 Å². The second-order valence-corrected chi connectivity index (χ2v) is 11.4.